The van der Waals surface area contributed by atoms with Gasteiger partial charge in [0.05, 0.1) is 5.69 Å². The summed E-state index contributed by atoms with van der Waals surface area (Å²) in [5.74, 6) is 0.360. The second-order valence-corrected chi connectivity index (χ2v) is 6.95. The molecule has 2 aliphatic rings. The molecule has 0 aromatic carbocycles. The maximum atomic E-state index is 12.6. The largest absolute Gasteiger partial charge is 0.452 e. The van der Waals surface area contributed by atoms with Gasteiger partial charge in [-0.25, -0.2) is 4.79 Å². The summed E-state index contributed by atoms with van der Waals surface area (Å²) in [6.45, 7) is 4.37. The molecule has 3 rings (SSSR count). The van der Waals surface area contributed by atoms with Crippen LogP contribution in [0.1, 0.15) is 55.1 Å². The molecule has 0 bridgehead atoms. The molecule has 1 aliphatic carbocycles. The fourth-order valence-corrected chi connectivity index (χ4v) is 4.14. The number of carbonyl (C=O) groups excluding carboxylic acids is 2. The van der Waals surface area contributed by atoms with Crippen molar-refractivity contribution in [2.24, 2.45) is 11.8 Å². The van der Waals surface area contributed by atoms with Crippen LogP contribution in [0.5, 0.6) is 0 Å². The fraction of sp³-hybridized carbons (Fsp3) is 0.706. The minimum absolute atomic E-state index is 0.0795. The van der Waals surface area contributed by atoms with E-state index in [9.17, 15) is 9.59 Å². The van der Waals surface area contributed by atoms with Crippen LogP contribution in [0.25, 0.3) is 0 Å². The minimum Gasteiger partial charge on any atom is -0.452 e. The van der Waals surface area contributed by atoms with Gasteiger partial charge in [-0.2, -0.15) is 0 Å². The Hall–Kier alpha value is -2.05. The number of hydrogen-bond donors (Lipinski definition) is 1. The number of hydrogen-bond acceptors (Lipinski definition) is 6. The third kappa shape index (κ3) is 3.12. The van der Waals surface area contributed by atoms with Gasteiger partial charge in [-0.3, -0.25) is 4.79 Å². The van der Waals surface area contributed by atoms with E-state index >= 15 is 0 Å². The van der Waals surface area contributed by atoms with E-state index in [1.807, 2.05) is 4.90 Å². The molecule has 1 saturated carbocycles. The Labute approximate surface area is 141 Å². The molecule has 1 saturated heterocycles. The number of amides is 1. The van der Waals surface area contributed by atoms with Crippen molar-refractivity contribution in [3.8, 4) is 0 Å². The van der Waals surface area contributed by atoms with Crippen molar-refractivity contribution in [2.75, 3.05) is 18.9 Å². The van der Waals surface area contributed by atoms with Gasteiger partial charge in [0.2, 0.25) is 5.88 Å². The topological polar surface area (TPSA) is 98.7 Å². The second kappa shape index (κ2) is 6.83. The summed E-state index contributed by atoms with van der Waals surface area (Å²) in [7, 11) is 0. The lowest BCUT2D eigenvalue weighted by atomic mass is 9.72. The van der Waals surface area contributed by atoms with E-state index in [0.29, 0.717) is 17.5 Å². The quantitative estimate of drug-likeness (QED) is 0.850. The summed E-state index contributed by atoms with van der Waals surface area (Å²) in [5.41, 5.74) is 6.04. The van der Waals surface area contributed by atoms with Gasteiger partial charge >= 0.3 is 5.97 Å². The molecule has 0 spiro atoms. The number of rotatable bonds is 3. The van der Waals surface area contributed by atoms with Gasteiger partial charge in [-0.15, -0.1) is 0 Å². The summed E-state index contributed by atoms with van der Waals surface area (Å²) >= 11 is 0. The Balaban J connectivity index is 1.61. The van der Waals surface area contributed by atoms with Crippen molar-refractivity contribution >= 4 is 17.8 Å². The van der Waals surface area contributed by atoms with Crippen molar-refractivity contribution in [3.05, 3.63) is 11.3 Å². The summed E-state index contributed by atoms with van der Waals surface area (Å²) in [6, 6.07) is 0.288. The van der Waals surface area contributed by atoms with Gasteiger partial charge in [0.15, 0.2) is 6.61 Å². The lowest BCUT2D eigenvalue weighted by Crippen LogP contribution is -2.53. The monoisotopic (exact) mass is 335 g/mol. The molecule has 1 aliphatic heterocycles. The third-order valence-electron chi connectivity index (χ3n) is 5.48. The molecule has 7 heteroatoms. The highest BCUT2D eigenvalue weighted by atomic mass is 16.5. The van der Waals surface area contributed by atoms with Crippen LogP contribution in [0.15, 0.2) is 4.52 Å². The minimum atomic E-state index is -0.662. The zero-order valence-corrected chi connectivity index (χ0v) is 14.3. The number of aryl methyl sites for hydroxylation is 1. The second-order valence-electron chi connectivity index (χ2n) is 6.95. The molecule has 0 radical (unpaired) electrons. The van der Waals surface area contributed by atoms with E-state index in [4.69, 9.17) is 15.0 Å². The van der Waals surface area contributed by atoms with Crippen LogP contribution in [0.2, 0.25) is 0 Å². The van der Waals surface area contributed by atoms with Crippen LogP contribution in [0.4, 0.5) is 5.88 Å². The maximum Gasteiger partial charge on any atom is 0.346 e. The Bertz CT molecular complexity index is 608. The molecule has 1 amide bonds. The van der Waals surface area contributed by atoms with E-state index in [1.165, 1.54) is 12.8 Å². The van der Waals surface area contributed by atoms with Crippen molar-refractivity contribution in [1.82, 2.24) is 10.1 Å². The summed E-state index contributed by atoms with van der Waals surface area (Å²) in [6.07, 6.45) is 5.65. The Morgan fingerprint density at radius 3 is 2.79 bits per heavy atom. The number of piperidine rings is 1. The molecule has 0 unspecified atom stereocenters. The molecule has 2 heterocycles. The Morgan fingerprint density at radius 2 is 2.08 bits per heavy atom. The van der Waals surface area contributed by atoms with E-state index in [0.717, 1.165) is 25.8 Å². The smallest absolute Gasteiger partial charge is 0.346 e. The number of esters is 1. The number of carbonyl (C=O) groups is 2. The maximum absolute atomic E-state index is 12.6. The average molecular weight is 335 g/mol. The van der Waals surface area contributed by atoms with Gasteiger partial charge in [0, 0.05) is 12.6 Å². The first-order chi connectivity index (χ1) is 11.5. The third-order valence-corrected chi connectivity index (χ3v) is 5.48. The number of anilines is 1. The van der Waals surface area contributed by atoms with Crippen LogP contribution < -0.4 is 5.73 Å². The van der Waals surface area contributed by atoms with Crippen LogP contribution >= 0.6 is 0 Å². The first-order valence-corrected chi connectivity index (χ1v) is 8.67. The number of nitrogens with zero attached hydrogens (tertiary/aromatic N) is 2. The lowest BCUT2D eigenvalue weighted by Gasteiger charge is -2.47. The number of fused-ring (bicyclic) bond motifs is 1. The van der Waals surface area contributed by atoms with Gasteiger partial charge in [0.25, 0.3) is 5.91 Å². The van der Waals surface area contributed by atoms with Crippen molar-refractivity contribution in [3.63, 3.8) is 0 Å². The van der Waals surface area contributed by atoms with Crippen molar-refractivity contribution in [2.45, 2.75) is 52.0 Å². The van der Waals surface area contributed by atoms with Crippen LogP contribution in [-0.4, -0.2) is 41.1 Å². The normalized spacial score (nSPS) is 26.8. The Morgan fingerprint density at radius 1 is 1.33 bits per heavy atom. The molecule has 7 nitrogen and oxygen atoms in total. The predicted molar refractivity (Wildman–Crippen MR) is 87.2 cm³/mol. The first kappa shape index (κ1) is 16.8. The molecular formula is C17H25N3O4. The summed E-state index contributed by atoms with van der Waals surface area (Å²) in [5, 5.41) is 3.62. The number of nitrogen functional groups attached to an aromatic ring is 1. The van der Waals surface area contributed by atoms with Gasteiger partial charge in [-0.1, -0.05) is 24.9 Å². The lowest BCUT2D eigenvalue weighted by molar-refractivity contribution is -0.142. The molecule has 24 heavy (non-hydrogen) atoms. The number of likely N-dealkylation sites (tertiary alicyclic amines) is 1. The first-order valence-electron chi connectivity index (χ1n) is 8.67. The highest BCUT2D eigenvalue weighted by Crippen LogP contribution is 2.38. The number of ether oxygens (including phenoxy) is 1. The zero-order valence-electron chi connectivity index (χ0n) is 14.3. The molecular weight excluding hydrogens is 310 g/mol. The molecule has 132 valence electrons. The van der Waals surface area contributed by atoms with Gasteiger partial charge < -0.3 is 19.9 Å². The molecule has 2 N–H and O–H groups in total. The van der Waals surface area contributed by atoms with Crippen LogP contribution in [0, 0.1) is 18.8 Å². The number of aromatic nitrogens is 1. The van der Waals surface area contributed by atoms with Gasteiger partial charge in [0.1, 0.15) is 5.56 Å². The fourth-order valence-electron chi connectivity index (χ4n) is 4.14. The number of nitrogens with two attached hydrogens (primary N) is 1. The molecule has 3 atom stereocenters. The van der Waals surface area contributed by atoms with E-state index in [2.05, 4.69) is 12.1 Å². The van der Waals surface area contributed by atoms with E-state index in [1.54, 1.807) is 6.92 Å². The van der Waals surface area contributed by atoms with E-state index in [-0.39, 0.29) is 30.0 Å². The summed E-state index contributed by atoms with van der Waals surface area (Å²) < 4.78 is 9.91. The van der Waals surface area contributed by atoms with Crippen LogP contribution in [0.3, 0.4) is 0 Å². The zero-order chi connectivity index (χ0) is 17.3. The standard InChI is InChI=1S/C17H25N3O4/c1-10-7-8-20(13-6-4-3-5-12(10)13)14(21)9-23-17(22)15-11(2)19-24-16(15)18/h10,12-13H,3-9,18H2,1-2H3/t10-,12+,13+/m0/s1. The average Bonchev–Trinajstić information content (AvgIpc) is 2.92. The highest BCUT2D eigenvalue weighted by Gasteiger charge is 2.39. The Kier molecular flexibility index (Phi) is 4.78. The van der Waals surface area contributed by atoms with Crippen molar-refractivity contribution in [1.29, 1.82) is 0 Å². The highest BCUT2D eigenvalue weighted by molar-refractivity contribution is 5.96. The van der Waals surface area contributed by atoms with E-state index < -0.39 is 5.97 Å². The van der Waals surface area contributed by atoms with Crippen molar-refractivity contribution < 1.29 is 18.8 Å². The SMILES string of the molecule is Cc1noc(N)c1C(=O)OCC(=O)N1CC[C@H](C)[C@H]2CCCC[C@H]21. The van der Waals surface area contributed by atoms with Gasteiger partial charge in [-0.05, 0) is 38.0 Å². The molecule has 2 fully saturated rings. The molecule has 1 aromatic rings. The summed E-state index contributed by atoms with van der Waals surface area (Å²) in [4.78, 5) is 26.6. The van der Waals surface area contributed by atoms with Crippen LogP contribution in [-0.2, 0) is 9.53 Å². The predicted octanol–water partition coefficient (Wildman–Crippen LogP) is 2.15. The molecule has 1 aromatic heterocycles.